The minimum atomic E-state index is -3.14. The number of nitrogens with two attached hydrogens (primary N) is 1. The molecule has 1 aromatic heterocycles. The minimum absolute atomic E-state index is 0.0205. The topological polar surface area (TPSA) is 111 Å². The molecule has 1 fully saturated rings. The molecule has 0 bridgehead atoms. The second kappa shape index (κ2) is 5.16. The Balaban J connectivity index is 2.15. The van der Waals surface area contributed by atoms with E-state index in [1.165, 1.54) is 11.8 Å². The molecule has 0 aliphatic carbocycles. The van der Waals surface area contributed by atoms with Gasteiger partial charge in [-0.15, -0.1) is 10.2 Å². The van der Waals surface area contributed by atoms with Crippen LogP contribution in [0.3, 0.4) is 0 Å². The van der Waals surface area contributed by atoms with Gasteiger partial charge in [0.25, 0.3) is 0 Å². The summed E-state index contributed by atoms with van der Waals surface area (Å²) < 4.78 is 24.7. The van der Waals surface area contributed by atoms with Gasteiger partial charge in [0.2, 0.25) is 0 Å². The van der Waals surface area contributed by atoms with Crippen molar-refractivity contribution in [2.24, 2.45) is 5.73 Å². The summed E-state index contributed by atoms with van der Waals surface area (Å²) in [5.41, 5.74) is 5.51. The van der Waals surface area contributed by atoms with E-state index in [1.807, 2.05) is 11.5 Å². The first-order valence-electron chi connectivity index (χ1n) is 5.58. The maximum Gasteiger partial charge on any atom is 0.191 e. The Kier molecular flexibility index (Phi) is 3.95. The molecule has 2 rings (SSSR count). The molecule has 102 valence electrons. The van der Waals surface area contributed by atoms with Crippen LogP contribution in [0, 0.1) is 6.92 Å². The van der Waals surface area contributed by atoms with E-state index in [0.29, 0.717) is 18.2 Å². The average molecular weight is 292 g/mol. The SMILES string of the molecule is Cc1nnc(SC2CS(=O)(=O)CC2O)n1CCN. The molecule has 1 aliphatic rings. The molecule has 7 nitrogen and oxygen atoms in total. The van der Waals surface area contributed by atoms with Crippen molar-refractivity contribution >= 4 is 21.6 Å². The number of hydrogen-bond acceptors (Lipinski definition) is 7. The second-order valence-corrected chi connectivity index (χ2v) is 7.63. The minimum Gasteiger partial charge on any atom is -0.391 e. The first-order valence-corrected chi connectivity index (χ1v) is 8.28. The van der Waals surface area contributed by atoms with Crippen molar-refractivity contribution in [2.75, 3.05) is 18.1 Å². The van der Waals surface area contributed by atoms with Gasteiger partial charge in [-0.3, -0.25) is 0 Å². The number of nitrogens with zero attached hydrogens (tertiary/aromatic N) is 3. The van der Waals surface area contributed by atoms with Crippen LogP contribution < -0.4 is 5.73 Å². The lowest BCUT2D eigenvalue weighted by atomic mass is 10.3. The van der Waals surface area contributed by atoms with Gasteiger partial charge in [0.05, 0.1) is 22.9 Å². The van der Waals surface area contributed by atoms with E-state index in [-0.39, 0.29) is 16.8 Å². The highest BCUT2D eigenvalue weighted by Gasteiger charge is 2.38. The first-order chi connectivity index (χ1) is 8.43. The van der Waals surface area contributed by atoms with E-state index < -0.39 is 15.9 Å². The normalized spacial score (nSPS) is 26.6. The van der Waals surface area contributed by atoms with Crippen LogP contribution >= 0.6 is 11.8 Å². The van der Waals surface area contributed by atoms with Gasteiger partial charge in [-0.25, -0.2) is 8.42 Å². The van der Waals surface area contributed by atoms with Crippen molar-refractivity contribution in [3.63, 3.8) is 0 Å². The Hall–Kier alpha value is -0.640. The molecule has 0 spiro atoms. The summed E-state index contributed by atoms with van der Waals surface area (Å²) in [4.78, 5) is 0. The molecule has 2 unspecified atom stereocenters. The third kappa shape index (κ3) is 2.85. The predicted octanol–water partition coefficient (Wildman–Crippen LogP) is -1.20. The van der Waals surface area contributed by atoms with Crippen LogP contribution in [0.2, 0.25) is 0 Å². The molecule has 2 atom stereocenters. The van der Waals surface area contributed by atoms with E-state index >= 15 is 0 Å². The highest BCUT2D eigenvalue weighted by Crippen LogP contribution is 2.30. The number of thioether (sulfide) groups is 1. The lowest BCUT2D eigenvalue weighted by Gasteiger charge is -2.12. The van der Waals surface area contributed by atoms with E-state index in [9.17, 15) is 13.5 Å². The van der Waals surface area contributed by atoms with Gasteiger partial charge < -0.3 is 15.4 Å². The molecule has 0 radical (unpaired) electrons. The molecule has 9 heteroatoms. The molecule has 18 heavy (non-hydrogen) atoms. The van der Waals surface area contributed by atoms with Crippen molar-refractivity contribution in [1.29, 1.82) is 0 Å². The standard InChI is InChI=1S/C9H16N4O3S2/c1-6-11-12-9(13(6)3-2-10)17-8-5-18(15,16)4-7(8)14/h7-8,14H,2-5,10H2,1H3. The van der Waals surface area contributed by atoms with Crippen molar-refractivity contribution in [2.45, 2.75) is 30.0 Å². The van der Waals surface area contributed by atoms with Gasteiger partial charge in [-0.2, -0.15) is 0 Å². The molecule has 1 aliphatic heterocycles. The highest BCUT2D eigenvalue weighted by atomic mass is 32.2. The van der Waals surface area contributed by atoms with Crippen LogP contribution in [-0.4, -0.2) is 57.7 Å². The zero-order valence-electron chi connectivity index (χ0n) is 9.98. The zero-order valence-corrected chi connectivity index (χ0v) is 11.6. The maximum atomic E-state index is 11.4. The number of aromatic nitrogens is 3. The fourth-order valence-corrected chi connectivity index (χ4v) is 5.47. The maximum absolute atomic E-state index is 11.4. The molecular weight excluding hydrogens is 276 g/mol. The summed E-state index contributed by atoms with van der Waals surface area (Å²) >= 11 is 1.25. The summed E-state index contributed by atoms with van der Waals surface area (Å²) in [7, 11) is -3.14. The molecule has 3 N–H and O–H groups in total. The summed E-state index contributed by atoms with van der Waals surface area (Å²) in [6.07, 6.45) is -0.844. The first kappa shape index (κ1) is 13.8. The van der Waals surface area contributed by atoms with Crippen LogP contribution in [0.15, 0.2) is 5.16 Å². The third-order valence-electron chi connectivity index (χ3n) is 2.78. The van der Waals surface area contributed by atoms with E-state index in [0.717, 1.165) is 5.82 Å². The van der Waals surface area contributed by atoms with E-state index in [2.05, 4.69) is 10.2 Å². The predicted molar refractivity (Wildman–Crippen MR) is 68.1 cm³/mol. The number of aliphatic hydroxyl groups excluding tert-OH is 1. The van der Waals surface area contributed by atoms with Crippen LogP contribution in [0.25, 0.3) is 0 Å². The fraction of sp³-hybridized carbons (Fsp3) is 0.778. The van der Waals surface area contributed by atoms with Crippen LogP contribution in [0.1, 0.15) is 5.82 Å². The lowest BCUT2D eigenvalue weighted by Crippen LogP contribution is -2.21. The molecule has 0 aromatic carbocycles. The molecule has 1 aromatic rings. The number of sulfone groups is 1. The van der Waals surface area contributed by atoms with Gasteiger partial charge in [0.1, 0.15) is 5.82 Å². The Bertz CT molecular complexity index is 528. The number of aryl methyl sites for hydroxylation is 1. The number of hydrogen-bond donors (Lipinski definition) is 2. The Morgan fingerprint density at radius 2 is 2.22 bits per heavy atom. The molecular formula is C9H16N4O3S2. The largest absolute Gasteiger partial charge is 0.391 e. The highest BCUT2D eigenvalue weighted by molar-refractivity contribution is 8.01. The Labute approximate surface area is 110 Å². The lowest BCUT2D eigenvalue weighted by molar-refractivity contribution is 0.207. The Morgan fingerprint density at radius 1 is 1.50 bits per heavy atom. The Morgan fingerprint density at radius 3 is 2.78 bits per heavy atom. The van der Waals surface area contributed by atoms with Gasteiger partial charge in [0.15, 0.2) is 15.0 Å². The van der Waals surface area contributed by atoms with Crippen molar-refractivity contribution in [3.8, 4) is 0 Å². The quantitative estimate of drug-likeness (QED) is 0.716. The van der Waals surface area contributed by atoms with Gasteiger partial charge in [0, 0.05) is 13.1 Å². The summed E-state index contributed by atoms with van der Waals surface area (Å²) in [5.74, 6) is 0.542. The number of rotatable bonds is 4. The van der Waals surface area contributed by atoms with Crippen molar-refractivity contribution in [1.82, 2.24) is 14.8 Å². The van der Waals surface area contributed by atoms with Crippen molar-refractivity contribution < 1.29 is 13.5 Å². The zero-order chi connectivity index (χ0) is 13.3. The summed E-state index contributed by atoms with van der Waals surface area (Å²) in [6, 6.07) is 0. The van der Waals surface area contributed by atoms with E-state index in [4.69, 9.17) is 5.73 Å². The molecule has 1 saturated heterocycles. The second-order valence-electron chi connectivity index (χ2n) is 4.27. The number of aliphatic hydroxyl groups is 1. The van der Waals surface area contributed by atoms with Gasteiger partial charge in [-0.1, -0.05) is 11.8 Å². The average Bonchev–Trinajstić information content (AvgIpc) is 2.72. The van der Waals surface area contributed by atoms with E-state index in [1.54, 1.807) is 0 Å². The summed E-state index contributed by atoms with van der Waals surface area (Å²) in [6.45, 7) is 2.85. The molecule has 0 saturated carbocycles. The summed E-state index contributed by atoms with van der Waals surface area (Å²) in [5, 5.41) is 17.9. The van der Waals surface area contributed by atoms with Crippen LogP contribution in [-0.2, 0) is 16.4 Å². The molecule has 0 amide bonds. The third-order valence-corrected chi connectivity index (χ3v) is 6.01. The van der Waals surface area contributed by atoms with Gasteiger partial charge in [-0.05, 0) is 6.92 Å². The van der Waals surface area contributed by atoms with Crippen molar-refractivity contribution in [3.05, 3.63) is 5.82 Å². The fourth-order valence-electron chi connectivity index (χ4n) is 1.88. The monoisotopic (exact) mass is 292 g/mol. The smallest absolute Gasteiger partial charge is 0.191 e. The van der Waals surface area contributed by atoms with Crippen LogP contribution in [0.4, 0.5) is 0 Å². The molecule has 2 heterocycles. The van der Waals surface area contributed by atoms with Gasteiger partial charge >= 0.3 is 0 Å². The van der Waals surface area contributed by atoms with Crippen LogP contribution in [0.5, 0.6) is 0 Å².